The molecule has 1 atom stereocenters. The van der Waals surface area contributed by atoms with Gasteiger partial charge in [-0.1, -0.05) is 11.3 Å². The molecular formula is C28H27N5O3S. The van der Waals surface area contributed by atoms with Crippen molar-refractivity contribution in [3.05, 3.63) is 57.6 Å². The van der Waals surface area contributed by atoms with Gasteiger partial charge in [0.2, 0.25) is 0 Å². The number of methoxy groups -OCH3 is 2. The number of nitrogens with two attached hydrogens (primary N) is 1. The quantitative estimate of drug-likeness (QED) is 0.643. The third kappa shape index (κ3) is 2.99. The zero-order valence-corrected chi connectivity index (χ0v) is 21.7. The molecule has 6 heterocycles. The highest BCUT2D eigenvalue weighted by molar-refractivity contribution is 7.21. The van der Waals surface area contributed by atoms with Gasteiger partial charge in [-0.15, -0.1) is 0 Å². The minimum Gasteiger partial charge on any atom is -0.497 e. The predicted octanol–water partition coefficient (Wildman–Crippen LogP) is 4.53. The number of carbonyl (C=O) groups is 1. The van der Waals surface area contributed by atoms with E-state index in [0.29, 0.717) is 46.6 Å². The van der Waals surface area contributed by atoms with E-state index in [1.807, 2.05) is 18.2 Å². The summed E-state index contributed by atoms with van der Waals surface area (Å²) in [5.74, 6) is 2.17. The molecule has 1 aromatic carbocycles. The van der Waals surface area contributed by atoms with Crippen LogP contribution in [0.15, 0.2) is 45.9 Å². The van der Waals surface area contributed by atoms with E-state index in [9.17, 15) is 10.1 Å². The first kappa shape index (κ1) is 22.4. The summed E-state index contributed by atoms with van der Waals surface area (Å²) in [4.78, 5) is 23.1. The maximum Gasteiger partial charge on any atom is 0.161 e. The van der Waals surface area contributed by atoms with Crippen molar-refractivity contribution in [1.29, 1.82) is 5.26 Å². The van der Waals surface area contributed by atoms with E-state index in [4.69, 9.17) is 20.2 Å². The lowest BCUT2D eigenvalue weighted by Gasteiger charge is -2.41. The van der Waals surface area contributed by atoms with Crippen molar-refractivity contribution in [1.82, 2.24) is 0 Å². The molecule has 0 amide bonds. The molecule has 2 N–H and O–H groups in total. The van der Waals surface area contributed by atoms with Crippen molar-refractivity contribution in [3.63, 3.8) is 0 Å². The first-order valence-corrected chi connectivity index (χ1v) is 13.6. The van der Waals surface area contributed by atoms with Gasteiger partial charge in [0.15, 0.2) is 11.6 Å². The van der Waals surface area contributed by atoms with Crippen LogP contribution in [0.5, 0.6) is 11.5 Å². The van der Waals surface area contributed by atoms with E-state index in [2.05, 4.69) is 15.9 Å². The number of benzene rings is 1. The Kier molecular flexibility index (Phi) is 4.92. The lowest BCUT2D eigenvalue weighted by Crippen LogP contribution is -2.40. The molecule has 6 aliphatic rings. The summed E-state index contributed by atoms with van der Waals surface area (Å²) in [7, 11) is 3.20. The van der Waals surface area contributed by atoms with Crippen molar-refractivity contribution in [2.45, 2.75) is 43.9 Å². The van der Waals surface area contributed by atoms with Crippen LogP contribution >= 0.6 is 11.3 Å². The van der Waals surface area contributed by atoms with Crippen LogP contribution in [0.4, 0.5) is 10.0 Å². The van der Waals surface area contributed by atoms with Crippen LogP contribution in [0.25, 0.3) is 0 Å². The molecule has 37 heavy (non-hydrogen) atoms. The monoisotopic (exact) mass is 513 g/mol. The number of allylic oxidation sites excluding steroid dienone is 3. The summed E-state index contributed by atoms with van der Waals surface area (Å²) in [5, 5.41) is 12.8. The molecule has 8 rings (SSSR count). The number of hydrogen-bond donors (Lipinski definition) is 1. The Morgan fingerprint density at radius 1 is 1.16 bits per heavy atom. The standard InChI is InChI=1S/C28H27N5O3S/c1-35-15-6-7-20(36-2)16(12-15)22-17(13-29)26-31-25(30)24-21-14-8-10-32(11-9-14)27(21)37-28(24)33(26)18-4-3-5-19(34)23(18)22/h6-7,12,14,22H,3-5,8-11H2,1-2H3,(H2,30,31)/t22-/m1/s1. The van der Waals surface area contributed by atoms with Crippen LogP contribution in [0.2, 0.25) is 0 Å². The van der Waals surface area contributed by atoms with Crippen molar-refractivity contribution in [2.24, 2.45) is 10.7 Å². The second-order valence-corrected chi connectivity index (χ2v) is 11.1. The average molecular weight is 514 g/mol. The molecule has 0 spiro atoms. The molecule has 0 radical (unpaired) electrons. The van der Waals surface area contributed by atoms with Gasteiger partial charge in [-0.05, 0) is 49.8 Å². The molecule has 1 fully saturated rings. The number of Topliss-reactive ketones (excluding diaryl/α,β-unsaturated/α-hetero) is 1. The molecule has 188 valence electrons. The average Bonchev–Trinajstić information content (AvgIpc) is 3.36. The summed E-state index contributed by atoms with van der Waals surface area (Å²) >= 11 is 1.73. The third-order valence-corrected chi connectivity index (χ3v) is 9.63. The van der Waals surface area contributed by atoms with Gasteiger partial charge in [0.25, 0.3) is 0 Å². The zero-order valence-electron chi connectivity index (χ0n) is 20.8. The fourth-order valence-electron chi connectivity index (χ4n) is 6.73. The highest BCUT2D eigenvalue weighted by Crippen LogP contribution is 2.58. The maximum atomic E-state index is 13.6. The molecule has 1 aromatic heterocycles. The number of nitriles is 1. The van der Waals surface area contributed by atoms with Crippen LogP contribution in [-0.2, 0) is 4.79 Å². The summed E-state index contributed by atoms with van der Waals surface area (Å²) in [6.45, 7) is 2.12. The number of piperidine rings is 1. The number of thiophene rings is 1. The number of anilines is 2. The molecular weight excluding hydrogens is 486 g/mol. The molecule has 0 unspecified atom stereocenters. The van der Waals surface area contributed by atoms with E-state index in [1.165, 1.54) is 10.6 Å². The third-order valence-electron chi connectivity index (χ3n) is 8.38. The summed E-state index contributed by atoms with van der Waals surface area (Å²) in [6, 6.07) is 7.92. The van der Waals surface area contributed by atoms with Gasteiger partial charge in [-0.3, -0.25) is 9.69 Å². The summed E-state index contributed by atoms with van der Waals surface area (Å²) < 4.78 is 11.2. The normalized spacial score (nSPS) is 22.2. The number of ether oxygens (including phenoxy) is 2. The van der Waals surface area contributed by atoms with Gasteiger partial charge >= 0.3 is 0 Å². The maximum absolute atomic E-state index is 13.6. The van der Waals surface area contributed by atoms with E-state index < -0.39 is 5.92 Å². The van der Waals surface area contributed by atoms with Crippen LogP contribution in [0.3, 0.4) is 0 Å². The second kappa shape index (κ2) is 8.12. The Balaban J connectivity index is 1.51. The lowest BCUT2D eigenvalue weighted by molar-refractivity contribution is -0.116. The van der Waals surface area contributed by atoms with Gasteiger partial charge in [-0.2, -0.15) is 5.26 Å². The van der Waals surface area contributed by atoms with E-state index >= 15 is 0 Å². The first-order valence-electron chi connectivity index (χ1n) is 12.7. The second-order valence-electron chi connectivity index (χ2n) is 10.1. The first-order chi connectivity index (χ1) is 18.0. The minimum absolute atomic E-state index is 0.0668. The number of amidine groups is 1. The largest absolute Gasteiger partial charge is 0.497 e. The molecule has 8 nitrogen and oxygen atoms in total. The van der Waals surface area contributed by atoms with Gasteiger partial charge in [-0.25, -0.2) is 4.99 Å². The Labute approximate surface area is 219 Å². The van der Waals surface area contributed by atoms with Crippen LogP contribution in [0.1, 0.15) is 60.6 Å². The highest BCUT2D eigenvalue weighted by Gasteiger charge is 2.47. The SMILES string of the molecule is COc1ccc(OC)c([C@@H]2C(C#N)=C3N=C(N)c4c(sc5c4C4CCN5CC4)N3C3=C2C(=O)CCC3)c1. The minimum atomic E-state index is -0.600. The fourth-order valence-corrected chi connectivity index (χ4v) is 8.21. The topological polar surface area (TPSA) is 104 Å². The van der Waals surface area contributed by atoms with Crippen molar-refractivity contribution >= 4 is 33.0 Å². The number of ketones is 1. The Morgan fingerprint density at radius 3 is 2.70 bits per heavy atom. The molecule has 9 heteroatoms. The molecule has 0 saturated carbocycles. The van der Waals surface area contributed by atoms with Crippen molar-refractivity contribution in [3.8, 4) is 17.6 Å². The van der Waals surface area contributed by atoms with Gasteiger partial charge in [0, 0.05) is 41.9 Å². The van der Waals surface area contributed by atoms with Crippen molar-refractivity contribution < 1.29 is 14.3 Å². The number of fused-ring (bicyclic) bond motifs is 6. The predicted molar refractivity (Wildman–Crippen MR) is 143 cm³/mol. The lowest BCUT2D eigenvalue weighted by atomic mass is 9.75. The molecule has 1 saturated heterocycles. The Morgan fingerprint density at radius 2 is 1.97 bits per heavy atom. The summed E-state index contributed by atoms with van der Waals surface area (Å²) in [5.41, 5.74) is 11.7. The van der Waals surface area contributed by atoms with Crippen LogP contribution < -0.4 is 25.0 Å². The zero-order chi connectivity index (χ0) is 25.4. The fraction of sp³-hybridized carbons (Fsp3) is 0.393. The number of rotatable bonds is 3. The van der Waals surface area contributed by atoms with Gasteiger partial charge in [0.1, 0.15) is 22.3 Å². The van der Waals surface area contributed by atoms with E-state index in [1.54, 1.807) is 25.6 Å². The summed E-state index contributed by atoms with van der Waals surface area (Å²) in [6.07, 6.45) is 4.20. The molecule has 2 aromatic rings. The molecule has 5 aliphatic heterocycles. The van der Waals surface area contributed by atoms with Crippen LogP contribution in [-0.4, -0.2) is 38.9 Å². The Hall–Kier alpha value is -3.77. The smallest absolute Gasteiger partial charge is 0.161 e. The number of carbonyl (C=O) groups excluding carboxylic acids is 1. The highest BCUT2D eigenvalue weighted by atomic mass is 32.1. The van der Waals surface area contributed by atoms with Crippen LogP contribution in [0, 0.1) is 11.3 Å². The van der Waals surface area contributed by atoms with Gasteiger partial charge < -0.3 is 20.1 Å². The number of nitrogens with zero attached hydrogens (tertiary/aromatic N) is 4. The van der Waals surface area contributed by atoms with E-state index in [0.717, 1.165) is 60.6 Å². The molecule has 2 bridgehead atoms. The van der Waals surface area contributed by atoms with Crippen molar-refractivity contribution in [2.75, 3.05) is 37.1 Å². The number of aliphatic imine (C=N–C) groups is 1. The van der Waals surface area contributed by atoms with E-state index in [-0.39, 0.29) is 5.78 Å². The molecule has 1 aliphatic carbocycles. The van der Waals surface area contributed by atoms with Gasteiger partial charge in [0.05, 0.1) is 42.3 Å². The Bertz CT molecular complexity index is 1500. The number of hydrogen-bond acceptors (Lipinski definition) is 9.